The van der Waals surface area contributed by atoms with E-state index in [9.17, 15) is 5.26 Å². The lowest BCUT2D eigenvalue weighted by atomic mass is 10.2. The quantitative estimate of drug-likeness (QED) is 0.715. The summed E-state index contributed by atoms with van der Waals surface area (Å²) in [7, 11) is 0. The largest absolute Gasteiger partial charge is 0.274 e. The molecule has 0 aliphatic rings. The van der Waals surface area contributed by atoms with Crippen molar-refractivity contribution in [3.05, 3.63) is 46.4 Å². The van der Waals surface area contributed by atoms with Gasteiger partial charge in [-0.25, -0.2) is 0 Å². The topological polar surface area (TPSA) is 67.4 Å². The Bertz CT molecular complexity index is 878. The van der Waals surface area contributed by atoms with Crippen molar-refractivity contribution < 1.29 is 0 Å². The molecule has 0 spiro atoms. The number of hydrogen-bond donors (Lipinski definition) is 0. The lowest BCUT2D eigenvalue weighted by Crippen LogP contribution is -2.01. The molecule has 0 amide bonds. The lowest BCUT2D eigenvalue weighted by molar-refractivity contribution is 0.863. The fraction of sp³-hybridized carbons (Fsp3) is 0.143. The monoisotopic (exact) mass is 347 g/mol. The summed E-state index contributed by atoms with van der Waals surface area (Å²) in [6.45, 7) is 3.93. The number of benzene rings is 1. The van der Waals surface area contributed by atoms with Crippen LogP contribution in [0.4, 0.5) is 0 Å². The summed E-state index contributed by atoms with van der Waals surface area (Å²) in [5.74, 6) is 0.783. The van der Waals surface area contributed by atoms with Crippen LogP contribution in [0, 0.1) is 25.2 Å². The lowest BCUT2D eigenvalue weighted by Gasteiger charge is -2.10. The van der Waals surface area contributed by atoms with E-state index in [-0.39, 0.29) is 5.15 Å². The Morgan fingerprint density at radius 2 is 2.05 bits per heavy atom. The van der Waals surface area contributed by atoms with Gasteiger partial charge >= 0.3 is 0 Å². The second-order valence-corrected chi connectivity index (χ2v) is 6.87. The summed E-state index contributed by atoms with van der Waals surface area (Å²) < 4.78 is 6.70. The van der Waals surface area contributed by atoms with Crippen molar-refractivity contribution in [2.24, 2.45) is 0 Å². The minimum atomic E-state index is 0.230. The summed E-state index contributed by atoms with van der Waals surface area (Å²) in [5.41, 5.74) is 2.52. The van der Waals surface area contributed by atoms with E-state index in [1.807, 2.05) is 42.7 Å². The van der Waals surface area contributed by atoms with Gasteiger partial charge in [0.15, 0.2) is 5.15 Å². The minimum Gasteiger partial charge on any atom is -0.274 e. The summed E-state index contributed by atoms with van der Waals surface area (Å²) >= 11 is 8.46. The highest BCUT2D eigenvalue weighted by Gasteiger charge is 2.19. The first kappa shape index (κ1) is 15.0. The van der Waals surface area contributed by atoms with Gasteiger partial charge in [-0.05, 0) is 48.8 Å². The van der Waals surface area contributed by atoms with Crippen molar-refractivity contribution in [2.45, 2.75) is 23.2 Å². The van der Waals surface area contributed by atoms with E-state index in [2.05, 4.69) is 20.6 Å². The van der Waals surface area contributed by atoms with E-state index in [1.54, 1.807) is 0 Å². The molecule has 3 aromatic rings. The minimum absolute atomic E-state index is 0.230. The van der Waals surface area contributed by atoms with Crippen LogP contribution in [0.1, 0.15) is 17.0 Å². The summed E-state index contributed by atoms with van der Waals surface area (Å²) in [4.78, 5) is 0. The summed E-state index contributed by atoms with van der Waals surface area (Å²) in [6.07, 6.45) is 0. The predicted molar refractivity (Wildman–Crippen MR) is 86.8 cm³/mol. The molecule has 3 rings (SSSR count). The number of aromatic nitrogens is 4. The van der Waals surface area contributed by atoms with Crippen LogP contribution in [0.2, 0.25) is 5.15 Å². The summed E-state index contributed by atoms with van der Waals surface area (Å²) in [5, 5.41) is 18.5. The molecular weight excluding hydrogens is 338 g/mol. The molecule has 0 radical (unpaired) electrons. The van der Waals surface area contributed by atoms with Crippen molar-refractivity contribution >= 4 is 34.9 Å². The van der Waals surface area contributed by atoms with Gasteiger partial charge < -0.3 is 0 Å². The number of halogens is 1. The van der Waals surface area contributed by atoms with Gasteiger partial charge in [-0.2, -0.15) is 9.64 Å². The molecule has 0 fully saturated rings. The number of para-hydroxylation sites is 1. The zero-order chi connectivity index (χ0) is 15.7. The van der Waals surface area contributed by atoms with Crippen molar-refractivity contribution in [1.29, 1.82) is 5.26 Å². The Morgan fingerprint density at radius 1 is 1.27 bits per heavy atom. The van der Waals surface area contributed by atoms with E-state index < -0.39 is 0 Å². The van der Waals surface area contributed by atoms with Gasteiger partial charge in [0.25, 0.3) is 0 Å². The van der Waals surface area contributed by atoms with E-state index in [0.29, 0.717) is 10.7 Å². The van der Waals surface area contributed by atoms with Crippen LogP contribution in [-0.4, -0.2) is 19.1 Å². The van der Waals surface area contributed by atoms with Crippen LogP contribution in [0.5, 0.6) is 0 Å². The Kier molecular flexibility index (Phi) is 4.16. The van der Waals surface area contributed by atoms with Gasteiger partial charge in [0.05, 0.1) is 5.69 Å². The number of nitriles is 1. The molecule has 0 bridgehead atoms. The average Bonchev–Trinajstić information content (AvgIpc) is 3.04. The number of nitrogens with zero attached hydrogens (tertiary/aromatic N) is 5. The first-order chi connectivity index (χ1) is 10.6. The van der Waals surface area contributed by atoms with Gasteiger partial charge in [0.2, 0.25) is 5.16 Å². The molecule has 0 atom stereocenters. The Balaban J connectivity index is 2.07. The highest BCUT2D eigenvalue weighted by molar-refractivity contribution is 8.01. The highest BCUT2D eigenvalue weighted by atomic mass is 35.5. The van der Waals surface area contributed by atoms with Crippen molar-refractivity contribution in [3.63, 3.8) is 0 Å². The van der Waals surface area contributed by atoms with E-state index >= 15 is 0 Å². The SMILES string of the molecule is Cc1ccccc1-n1c(C)nnc1Sc1snc(Cl)c1C#N. The van der Waals surface area contributed by atoms with Crippen LogP contribution in [0.25, 0.3) is 5.69 Å². The molecule has 8 heteroatoms. The second kappa shape index (κ2) is 6.08. The van der Waals surface area contributed by atoms with E-state index in [1.165, 1.54) is 23.3 Å². The smallest absolute Gasteiger partial charge is 0.201 e. The molecule has 0 N–H and O–H groups in total. The number of aryl methyl sites for hydroxylation is 2. The Hall–Kier alpha value is -1.88. The molecule has 0 aliphatic carbocycles. The van der Waals surface area contributed by atoms with Gasteiger partial charge in [-0.3, -0.25) is 4.57 Å². The van der Waals surface area contributed by atoms with Gasteiger partial charge in [0, 0.05) is 0 Å². The van der Waals surface area contributed by atoms with Crippen LogP contribution >= 0.6 is 34.9 Å². The summed E-state index contributed by atoms with van der Waals surface area (Å²) in [6, 6.07) is 10.1. The molecule has 0 saturated carbocycles. The second-order valence-electron chi connectivity index (χ2n) is 4.50. The van der Waals surface area contributed by atoms with Crippen LogP contribution in [0.15, 0.2) is 33.6 Å². The van der Waals surface area contributed by atoms with E-state index in [0.717, 1.165) is 21.3 Å². The first-order valence-corrected chi connectivity index (χ1v) is 8.29. The normalized spacial score (nSPS) is 10.6. The fourth-order valence-electron chi connectivity index (χ4n) is 2.00. The molecule has 1 aromatic carbocycles. The first-order valence-electron chi connectivity index (χ1n) is 6.33. The molecule has 22 heavy (non-hydrogen) atoms. The molecule has 5 nitrogen and oxygen atoms in total. The fourth-order valence-corrected chi connectivity index (χ4v) is 4.14. The predicted octanol–water partition coefficient (Wildman–Crippen LogP) is 4.02. The third kappa shape index (κ3) is 2.61. The molecule has 0 aliphatic heterocycles. The third-order valence-corrected chi connectivity index (χ3v) is 5.39. The molecule has 2 heterocycles. The van der Waals surface area contributed by atoms with Crippen molar-refractivity contribution in [1.82, 2.24) is 19.1 Å². The molecule has 110 valence electrons. The molecular formula is C14H10ClN5S2. The maximum absolute atomic E-state index is 9.18. The van der Waals surface area contributed by atoms with Crippen LogP contribution in [0.3, 0.4) is 0 Å². The van der Waals surface area contributed by atoms with Crippen LogP contribution in [-0.2, 0) is 0 Å². The van der Waals surface area contributed by atoms with E-state index in [4.69, 9.17) is 11.6 Å². The maximum atomic E-state index is 9.18. The molecule has 0 saturated heterocycles. The Labute approximate surface area is 140 Å². The molecule has 0 unspecified atom stereocenters. The van der Waals surface area contributed by atoms with Crippen LogP contribution < -0.4 is 0 Å². The zero-order valence-corrected chi connectivity index (χ0v) is 14.1. The highest BCUT2D eigenvalue weighted by Crippen LogP contribution is 2.37. The van der Waals surface area contributed by atoms with Crippen molar-refractivity contribution in [3.8, 4) is 11.8 Å². The zero-order valence-electron chi connectivity index (χ0n) is 11.7. The molecule has 2 aromatic heterocycles. The number of hydrogen-bond acceptors (Lipinski definition) is 6. The van der Waals surface area contributed by atoms with Gasteiger partial charge in [-0.1, -0.05) is 29.8 Å². The standard InChI is InChI=1S/C14H10ClN5S2/c1-8-5-3-4-6-11(8)20-9(2)17-18-14(20)21-13-10(7-16)12(15)19-22-13/h3-6H,1-2H3. The van der Waals surface area contributed by atoms with Gasteiger partial charge in [0.1, 0.15) is 21.7 Å². The van der Waals surface area contributed by atoms with Gasteiger partial charge in [-0.15, -0.1) is 10.2 Å². The Morgan fingerprint density at radius 3 is 2.77 bits per heavy atom. The average molecular weight is 348 g/mol. The maximum Gasteiger partial charge on any atom is 0.201 e. The number of rotatable bonds is 3. The van der Waals surface area contributed by atoms with Crippen molar-refractivity contribution in [2.75, 3.05) is 0 Å². The third-order valence-electron chi connectivity index (χ3n) is 3.07.